The summed E-state index contributed by atoms with van der Waals surface area (Å²) in [5.74, 6) is -0.629. The van der Waals surface area contributed by atoms with Crippen molar-refractivity contribution in [2.45, 2.75) is 6.36 Å². The molecule has 0 unspecified atom stereocenters. The molecule has 0 radical (unpaired) electrons. The van der Waals surface area contributed by atoms with Crippen molar-refractivity contribution >= 4 is 11.6 Å². The Bertz CT molecular complexity index is 1310. The molecule has 1 amide bonds. The third kappa shape index (κ3) is 8.28. The Labute approximate surface area is 197 Å². The van der Waals surface area contributed by atoms with Crippen molar-refractivity contribution in [1.29, 1.82) is 0 Å². The van der Waals surface area contributed by atoms with Crippen LogP contribution in [0.4, 0.5) is 18.9 Å². The summed E-state index contributed by atoms with van der Waals surface area (Å²) >= 11 is 0. The molecule has 1 heterocycles. The van der Waals surface area contributed by atoms with Crippen LogP contribution in [0, 0.1) is 0 Å². The Balaban J connectivity index is 0.000000420. The lowest BCUT2D eigenvalue weighted by Crippen LogP contribution is -2.18. The second kappa shape index (κ2) is 11.4. The molecule has 0 aliphatic carbocycles. The molecule has 0 fully saturated rings. The van der Waals surface area contributed by atoms with Gasteiger partial charge >= 0.3 is 6.36 Å². The van der Waals surface area contributed by atoms with Gasteiger partial charge in [-0.2, -0.15) is 0 Å². The van der Waals surface area contributed by atoms with Crippen molar-refractivity contribution in [1.82, 2.24) is 4.98 Å². The van der Waals surface area contributed by atoms with E-state index in [2.05, 4.69) is 15.0 Å². The molecule has 0 atom stereocenters. The van der Waals surface area contributed by atoms with E-state index in [1.165, 1.54) is 18.3 Å². The Morgan fingerprint density at radius 1 is 0.857 bits per heavy atom. The summed E-state index contributed by atoms with van der Waals surface area (Å²) in [6.07, 6.45) is -3.59. The van der Waals surface area contributed by atoms with E-state index in [1.807, 2.05) is 6.07 Å². The Kier molecular flexibility index (Phi) is 8.12. The number of carbonyl (C=O) groups is 1. The first-order chi connectivity index (χ1) is 16.7. The number of H-pyrrole nitrogens is 1. The van der Waals surface area contributed by atoms with Crippen LogP contribution in [0.15, 0.2) is 102 Å². The van der Waals surface area contributed by atoms with Crippen LogP contribution in [-0.4, -0.2) is 22.4 Å². The topological polar surface area (TPSA) is 101 Å². The van der Waals surface area contributed by atoms with Crippen molar-refractivity contribution < 1.29 is 32.5 Å². The molecule has 10 heteroatoms. The molecule has 0 spiro atoms. The summed E-state index contributed by atoms with van der Waals surface area (Å²) in [5.41, 5.74) is -0.486. The maximum atomic E-state index is 12.6. The summed E-state index contributed by atoms with van der Waals surface area (Å²) in [6.45, 7) is 0. The highest BCUT2D eigenvalue weighted by Gasteiger charge is 2.31. The quantitative estimate of drug-likeness (QED) is 0.337. The van der Waals surface area contributed by atoms with E-state index in [4.69, 9.17) is 9.84 Å². The van der Waals surface area contributed by atoms with E-state index in [9.17, 15) is 22.8 Å². The number of pyridine rings is 1. The number of aromatic nitrogens is 1. The number of amides is 1. The molecule has 0 saturated carbocycles. The van der Waals surface area contributed by atoms with Gasteiger partial charge in [0, 0.05) is 18.0 Å². The third-order valence-corrected chi connectivity index (χ3v) is 4.19. The van der Waals surface area contributed by atoms with Crippen molar-refractivity contribution in [3.63, 3.8) is 0 Å². The fourth-order valence-corrected chi connectivity index (χ4v) is 2.74. The monoisotopic (exact) mass is 484 g/mol. The lowest BCUT2D eigenvalue weighted by Gasteiger charge is -2.14. The van der Waals surface area contributed by atoms with Crippen LogP contribution in [0.1, 0.15) is 10.4 Å². The number of hydrogen-bond donors (Lipinski definition) is 3. The number of nitrogens with one attached hydrogen (secondary N) is 2. The van der Waals surface area contributed by atoms with Gasteiger partial charge in [0.05, 0.1) is 5.56 Å². The predicted octanol–water partition coefficient (Wildman–Crippen LogP) is 5.71. The van der Waals surface area contributed by atoms with Crippen molar-refractivity contribution in [3.05, 3.63) is 113 Å². The minimum atomic E-state index is -4.91. The molecule has 0 saturated heterocycles. The highest BCUT2D eigenvalue weighted by Crippen LogP contribution is 2.31. The van der Waals surface area contributed by atoms with E-state index in [0.717, 1.165) is 18.2 Å². The number of alkyl halides is 3. The van der Waals surface area contributed by atoms with E-state index in [-0.39, 0.29) is 17.0 Å². The van der Waals surface area contributed by atoms with Crippen LogP contribution >= 0.6 is 0 Å². The first kappa shape index (κ1) is 24.9. The first-order valence-electron chi connectivity index (χ1n) is 10.1. The first-order valence-corrected chi connectivity index (χ1v) is 10.1. The number of para-hydroxylation sites is 2. The largest absolute Gasteiger partial charge is 0.573 e. The van der Waals surface area contributed by atoms with Crippen LogP contribution in [0.2, 0.25) is 0 Å². The highest BCUT2D eigenvalue weighted by molar-refractivity contribution is 6.06. The number of aromatic amines is 1. The lowest BCUT2D eigenvalue weighted by molar-refractivity contribution is -0.274. The Hall–Kier alpha value is -4.73. The molecular formula is C25H19F3N2O5. The lowest BCUT2D eigenvalue weighted by atomic mass is 10.1. The second-order valence-corrected chi connectivity index (χ2v) is 6.85. The van der Waals surface area contributed by atoms with Gasteiger partial charge in [-0.1, -0.05) is 36.4 Å². The molecule has 7 nitrogen and oxygen atoms in total. The highest BCUT2D eigenvalue weighted by atomic mass is 19.4. The maximum absolute atomic E-state index is 12.6. The second-order valence-electron chi connectivity index (χ2n) is 6.85. The van der Waals surface area contributed by atoms with Crippen molar-refractivity contribution in [3.8, 4) is 23.0 Å². The number of phenolic OH excluding ortho intramolecular Hbond substituents is 1. The summed E-state index contributed by atoms with van der Waals surface area (Å²) in [4.78, 5) is 26.4. The van der Waals surface area contributed by atoms with Crippen LogP contribution < -0.4 is 20.3 Å². The smallest absolute Gasteiger partial charge is 0.508 e. The number of aromatic hydroxyl groups is 1. The van der Waals surface area contributed by atoms with Gasteiger partial charge < -0.3 is 24.9 Å². The number of rotatable bonds is 5. The van der Waals surface area contributed by atoms with Gasteiger partial charge in [-0.15, -0.1) is 13.2 Å². The number of ether oxygens (including phenoxy) is 2. The van der Waals surface area contributed by atoms with Crippen molar-refractivity contribution in [2.75, 3.05) is 5.32 Å². The number of carbonyl (C=O) groups excluding carboxylic acids is 1. The fraction of sp³-hybridized carbons (Fsp3) is 0.0400. The molecular weight excluding hydrogens is 465 g/mol. The van der Waals surface area contributed by atoms with Gasteiger partial charge in [-0.25, -0.2) is 0 Å². The third-order valence-electron chi connectivity index (χ3n) is 4.19. The molecule has 4 rings (SSSR count). The minimum absolute atomic E-state index is 0.0167. The van der Waals surface area contributed by atoms with E-state index in [0.29, 0.717) is 11.5 Å². The van der Waals surface area contributed by atoms with E-state index >= 15 is 0 Å². The number of phenols is 1. The number of halogens is 3. The average molecular weight is 484 g/mol. The SMILES string of the molecule is O=C(Nc1cc[nH]c(=O)c1)c1cc(OC(F)(F)F)ccc1Oc1ccccc1.Oc1ccccc1. The average Bonchev–Trinajstić information content (AvgIpc) is 2.81. The minimum Gasteiger partial charge on any atom is -0.508 e. The molecule has 0 aliphatic rings. The molecule has 0 aliphatic heterocycles. The normalized spacial score (nSPS) is 10.5. The fourth-order valence-electron chi connectivity index (χ4n) is 2.74. The van der Waals surface area contributed by atoms with Crippen LogP contribution in [0.25, 0.3) is 0 Å². The zero-order valence-electron chi connectivity index (χ0n) is 18.0. The number of anilines is 1. The van der Waals surface area contributed by atoms with Crippen molar-refractivity contribution in [2.24, 2.45) is 0 Å². The number of hydrogen-bond acceptors (Lipinski definition) is 5. The standard InChI is InChI=1S/C19H13F3N2O4.C6H6O/c20-19(21,22)28-14-6-7-16(27-13-4-2-1-3-5-13)15(11-14)18(26)24-12-8-9-23-17(25)10-12;7-6-4-2-1-3-5-6/h1-11H,(H2,23,24,25,26);1-5,7H. The zero-order chi connectivity index (χ0) is 25.3. The molecule has 180 valence electrons. The van der Waals surface area contributed by atoms with Crippen LogP contribution in [0.3, 0.4) is 0 Å². The van der Waals surface area contributed by atoms with Gasteiger partial charge in [-0.05, 0) is 48.5 Å². The Morgan fingerprint density at radius 2 is 1.51 bits per heavy atom. The number of benzene rings is 3. The van der Waals surface area contributed by atoms with Crippen LogP contribution in [-0.2, 0) is 0 Å². The summed E-state index contributed by atoms with van der Waals surface area (Å²) in [7, 11) is 0. The molecule has 0 bridgehead atoms. The summed E-state index contributed by atoms with van der Waals surface area (Å²) in [6, 6.07) is 22.8. The summed E-state index contributed by atoms with van der Waals surface area (Å²) < 4.78 is 47.0. The van der Waals surface area contributed by atoms with Gasteiger partial charge in [0.15, 0.2) is 0 Å². The molecule has 4 aromatic rings. The molecule has 35 heavy (non-hydrogen) atoms. The molecule has 3 N–H and O–H groups in total. The Morgan fingerprint density at radius 3 is 2.09 bits per heavy atom. The van der Waals surface area contributed by atoms with E-state index in [1.54, 1.807) is 54.6 Å². The van der Waals surface area contributed by atoms with Gasteiger partial charge in [0.1, 0.15) is 23.0 Å². The van der Waals surface area contributed by atoms with Crippen LogP contribution in [0.5, 0.6) is 23.0 Å². The van der Waals surface area contributed by atoms with Gasteiger partial charge in [0.25, 0.3) is 5.91 Å². The predicted molar refractivity (Wildman–Crippen MR) is 123 cm³/mol. The molecule has 3 aromatic carbocycles. The maximum Gasteiger partial charge on any atom is 0.573 e. The zero-order valence-corrected chi connectivity index (χ0v) is 18.0. The van der Waals surface area contributed by atoms with Gasteiger partial charge in [0.2, 0.25) is 5.56 Å². The van der Waals surface area contributed by atoms with E-state index < -0.39 is 23.6 Å². The van der Waals surface area contributed by atoms with Gasteiger partial charge in [-0.3, -0.25) is 9.59 Å². The molecule has 1 aromatic heterocycles. The summed E-state index contributed by atoms with van der Waals surface area (Å²) in [5, 5.41) is 11.1.